The molecule has 2 unspecified atom stereocenters. The molecule has 0 heterocycles. The van der Waals surface area contributed by atoms with E-state index in [0.29, 0.717) is 25.5 Å². The molecule has 0 bridgehead atoms. The molecule has 94 valence electrons. The van der Waals surface area contributed by atoms with Crippen LogP contribution in [0.1, 0.15) is 39.0 Å². The molecule has 1 aliphatic rings. The zero-order chi connectivity index (χ0) is 11.8. The third-order valence-corrected chi connectivity index (χ3v) is 3.09. The molecule has 0 spiro atoms. The first kappa shape index (κ1) is 13.5. The van der Waals surface area contributed by atoms with Gasteiger partial charge in [-0.2, -0.15) is 0 Å². The minimum absolute atomic E-state index is 0.154. The van der Waals surface area contributed by atoms with Crippen molar-refractivity contribution in [1.82, 2.24) is 5.32 Å². The van der Waals surface area contributed by atoms with Gasteiger partial charge in [-0.05, 0) is 25.7 Å². The predicted molar refractivity (Wildman–Crippen MR) is 62.1 cm³/mol. The van der Waals surface area contributed by atoms with Gasteiger partial charge in [0.2, 0.25) is 0 Å². The number of carbonyl (C=O) groups is 1. The lowest BCUT2D eigenvalue weighted by Crippen LogP contribution is -2.34. The summed E-state index contributed by atoms with van der Waals surface area (Å²) in [5, 5.41) is 12.9. The Kier molecular flexibility index (Phi) is 6.42. The average Bonchev–Trinajstić information content (AvgIpc) is 2.27. The SMILES string of the molecule is CCOC(=O)CCNCC1CCCCC1O. The van der Waals surface area contributed by atoms with Crippen LogP contribution in [0.25, 0.3) is 0 Å². The fourth-order valence-electron chi connectivity index (χ4n) is 2.14. The Bertz CT molecular complexity index is 208. The van der Waals surface area contributed by atoms with Gasteiger partial charge in [-0.1, -0.05) is 12.8 Å². The summed E-state index contributed by atoms with van der Waals surface area (Å²) in [6, 6.07) is 0. The Hall–Kier alpha value is -0.610. The standard InChI is InChI=1S/C12H23NO3/c1-2-16-12(15)7-8-13-9-10-5-3-4-6-11(10)14/h10-11,13-14H,2-9H2,1H3. The number of ether oxygens (including phenoxy) is 1. The lowest BCUT2D eigenvalue weighted by molar-refractivity contribution is -0.142. The molecule has 0 saturated heterocycles. The maximum absolute atomic E-state index is 11.0. The molecule has 4 nitrogen and oxygen atoms in total. The number of aliphatic hydroxyl groups excluding tert-OH is 1. The first-order valence-electron chi connectivity index (χ1n) is 6.28. The lowest BCUT2D eigenvalue weighted by atomic mass is 9.86. The van der Waals surface area contributed by atoms with Crippen molar-refractivity contribution in [2.24, 2.45) is 5.92 Å². The molecule has 1 rings (SSSR count). The van der Waals surface area contributed by atoms with Gasteiger partial charge in [0.1, 0.15) is 0 Å². The van der Waals surface area contributed by atoms with Gasteiger partial charge < -0.3 is 15.2 Å². The van der Waals surface area contributed by atoms with Gasteiger partial charge in [-0.25, -0.2) is 0 Å². The Morgan fingerprint density at radius 2 is 2.19 bits per heavy atom. The van der Waals surface area contributed by atoms with Crippen molar-refractivity contribution in [3.05, 3.63) is 0 Å². The van der Waals surface area contributed by atoms with Gasteiger partial charge in [0.05, 0.1) is 19.1 Å². The van der Waals surface area contributed by atoms with Crippen LogP contribution < -0.4 is 5.32 Å². The molecular formula is C12H23NO3. The van der Waals surface area contributed by atoms with E-state index in [1.54, 1.807) is 0 Å². The molecule has 0 aliphatic heterocycles. The summed E-state index contributed by atoms with van der Waals surface area (Å²) in [4.78, 5) is 11.0. The molecule has 16 heavy (non-hydrogen) atoms. The van der Waals surface area contributed by atoms with Gasteiger partial charge in [0.25, 0.3) is 0 Å². The van der Waals surface area contributed by atoms with Gasteiger partial charge in [-0.3, -0.25) is 4.79 Å². The minimum Gasteiger partial charge on any atom is -0.466 e. The summed E-state index contributed by atoms with van der Waals surface area (Å²) in [5.74, 6) is 0.204. The zero-order valence-corrected chi connectivity index (χ0v) is 10.1. The van der Waals surface area contributed by atoms with E-state index in [9.17, 15) is 9.90 Å². The van der Waals surface area contributed by atoms with Gasteiger partial charge in [0, 0.05) is 13.1 Å². The molecule has 0 amide bonds. The van der Waals surface area contributed by atoms with E-state index < -0.39 is 0 Å². The smallest absolute Gasteiger partial charge is 0.307 e. The van der Waals surface area contributed by atoms with Crippen LogP contribution in [0.15, 0.2) is 0 Å². The first-order valence-corrected chi connectivity index (χ1v) is 6.28. The van der Waals surface area contributed by atoms with E-state index in [0.717, 1.165) is 25.8 Å². The largest absolute Gasteiger partial charge is 0.466 e. The van der Waals surface area contributed by atoms with Crippen LogP contribution in [-0.4, -0.2) is 36.9 Å². The number of carbonyl (C=O) groups excluding carboxylic acids is 1. The number of rotatable bonds is 6. The number of hydrogen-bond acceptors (Lipinski definition) is 4. The number of esters is 1. The fraction of sp³-hybridized carbons (Fsp3) is 0.917. The Morgan fingerprint density at radius 1 is 1.44 bits per heavy atom. The maximum atomic E-state index is 11.0. The van der Waals surface area contributed by atoms with Crippen LogP contribution in [0, 0.1) is 5.92 Å². The summed E-state index contributed by atoms with van der Waals surface area (Å²) in [7, 11) is 0. The first-order chi connectivity index (χ1) is 7.74. The number of hydrogen-bond donors (Lipinski definition) is 2. The van der Waals surface area contributed by atoms with Crippen molar-refractivity contribution in [1.29, 1.82) is 0 Å². The second-order valence-corrected chi connectivity index (χ2v) is 4.37. The van der Waals surface area contributed by atoms with Crippen molar-refractivity contribution >= 4 is 5.97 Å². The van der Waals surface area contributed by atoms with E-state index in [-0.39, 0.29) is 12.1 Å². The molecule has 0 aromatic heterocycles. The highest BCUT2D eigenvalue weighted by molar-refractivity contribution is 5.69. The Labute approximate surface area is 97.4 Å². The van der Waals surface area contributed by atoms with E-state index in [4.69, 9.17) is 4.74 Å². The minimum atomic E-state index is -0.163. The highest BCUT2D eigenvalue weighted by Crippen LogP contribution is 2.23. The van der Waals surface area contributed by atoms with Crippen molar-refractivity contribution in [3.63, 3.8) is 0 Å². The van der Waals surface area contributed by atoms with Gasteiger partial charge in [-0.15, -0.1) is 0 Å². The van der Waals surface area contributed by atoms with E-state index in [1.165, 1.54) is 6.42 Å². The monoisotopic (exact) mass is 229 g/mol. The highest BCUT2D eigenvalue weighted by Gasteiger charge is 2.22. The maximum Gasteiger partial charge on any atom is 0.307 e. The van der Waals surface area contributed by atoms with E-state index >= 15 is 0 Å². The summed E-state index contributed by atoms with van der Waals surface area (Å²) in [6.07, 6.45) is 4.61. The van der Waals surface area contributed by atoms with Crippen LogP contribution in [-0.2, 0) is 9.53 Å². The molecule has 0 radical (unpaired) electrons. The molecule has 2 N–H and O–H groups in total. The third kappa shape index (κ3) is 4.94. The molecule has 4 heteroatoms. The fourth-order valence-corrected chi connectivity index (χ4v) is 2.14. The topological polar surface area (TPSA) is 58.6 Å². The predicted octanol–water partition coefficient (Wildman–Crippen LogP) is 1.08. The van der Waals surface area contributed by atoms with Gasteiger partial charge in [0.15, 0.2) is 0 Å². The van der Waals surface area contributed by atoms with Crippen molar-refractivity contribution in [2.45, 2.75) is 45.1 Å². The Balaban J connectivity index is 2.03. The van der Waals surface area contributed by atoms with Crippen molar-refractivity contribution in [2.75, 3.05) is 19.7 Å². The van der Waals surface area contributed by atoms with Crippen molar-refractivity contribution < 1.29 is 14.6 Å². The van der Waals surface area contributed by atoms with Crippen molar-refractivity contribution in [3.8, 4) is 0 Å². The summed E-state index contributed by atoms with van der Waals surface area (Å²) < 4.78 is 4.83. The average molecular weight is 229 g/mol. The third-order valence-electron chi connectivity index (χ3n) is 3.09. The molecule has 1 aliphatic carbocycles. The van der Waals surface area contributed by atoms with Crippen LogP contribution in [0.4, 0.5) is 0 Å². The number of aliphatic hydroxyl groups is 1. The van der Waals surface area contributed by atoms with E-state index in [2.05, 4.69) is 5.32 Å². The summed E-state index contributed by atoms with van der Waals surface area (Å²) in [5.41, 5.74) is 0. The molecule has 0 aromatic carbocycles. The van der Waals surface area contributed by atoms with Crippen LogP contribution in [0.2, 0.25) is 0 Å². The summed E-state index contributed by atoms with van der Waals surface area (Å²) >= 11 is 0. The normalized spacial score (nSPS) is 25.4. The van der Waals surface area contributed by atoms with Crippen LogP contribution >= 0.6 is 0 Å². The molecule has 1 saturated carbocycles. The quantitative estimate of drug-likeness (QED) is 0.528. The second-order valence-electron chi connectivity index (χ2n) is 4.37. The number of nitrogens with one attached hydrogen (secondary N) is 1. The highest BCUT2D eigenvalue weighted by atomic mass is 16.5. The van der Waals surface area contributed by atoms with Gasteiger partial charge >= 0.3 is 5.97 Å². The lowest BCUT2D eigenvalue weighted by Gasteiger charge is -2.27. The van der Waals surface area contributed by atoms with Crippen LogP contribution in [0.3, 0.4) is 0 Å². The molecule has 2 atom stereocenters. The molecule has 1 fully saturated rings. The molecule has 0 aromatic rings. The van der Waals surface area contributed by atoms with Crippen LogP contribution in [0.5, 0.6) is 0 Å². The molecular weight excluding hydrogens is 206 g/mol. The summed E-state index contributed by atoms with van der Waals surface area (Å²) in [6.45, 7) is 3.70. The zero-order valence-electron chi connectivity index (χ0n) is 10.1. The Morgan fingerprint density at radius 3 is 2.88 bits per heavy atom. The van der Waals surface area contributed by atoms with E-state index in [1.807, 2.05) is 6.92 Å². The second kappa shape index (κ2) is 7.63.